The lowest BCUT2D eigenvalue weighted by Crippen LogP contribution is -2.66. The van der Waals surface area contributed by atoms with Crippen LogP contribution >= 0.6 is 0 Å². The molecular formula is C24H21NO3. The molecule has 0 aromatic heterocycles. The Morgan fingerprint density at radius 2 is 1.46 bits per heavy atom. The van der Waals surface area contributed by atoms with Gasteiger partial charge in [0.05, 0.1) is 7.11 Å². The van der Waals surface area contributed by atoms with Gasteiger partial charge in [-0.05, 0) is 42.0 Å². The third-order valence-electron chi connectivity index (χ3n) is 4.73. The normalized spacial score (nSPS) is 18.8. The second-order valence-electron chi connectivity index (χ2n) is 6.52. The standard InChI is InChI=1S/C24H21NO3/c1-27-20-15-13-19(14-16-20)25-22(17-12-18-8-4-2-5-9-18)23(24(25)26)28-21-10-6-3-7-11-21/h2-17,22-23H,1H3/b17-12+/t22-,23+/m0/s1. The van der Waals surface area contributed by atoms with E-state index in [9.17, 15) is 4.79 Å². The van der Waals surface area contributed by atoms with Gasteiger partial charge in [0.2, 0.25) is 6.10 Å². The fraction of sp³-hybridized carbons (Fsp3) is 0.125. The number of nitrogens with zero attached hydrogens (tertiary/aromatic N) is 1. The molecule has 1 aliphatic heterocycles. The van der Waals surface area contributed by atoms with Crippen LogP contribution in [0, 0.1) is 0 Å². The molecule has 0 bridgehead atoms. The largest absolute Gasteiger partial charge is 0.497 e. The topological polar surface area (TPSA) is 38.8 Å². The van der Waals surface area contributed by atoms with E-state index in [0.717, 1.165) is 17.0 Å². The van der Waals surface area contributed by atoms with Crippen molar-refractivity contribution in [2.24, 2.45) is 0 Å². The van der Waals surface area contributed by atoms with Crippen molar-refractivity contribution in [1.29, 1.82) is 0 Å². The molecule has 140 valence electrons. The third-order valence-corrected chi connectivity index (χ3v) is 4.73. The minimum atomic E-state index is -0.551. The van der Waals surface area contributed by atoms with Crippen LogP contribution in [0.5, 0.6) is 11.5 Å². The molecule has 3 aromatic rings. The quantitative estimate of drug-likeness (QED) is 0.596. The van der Waals surface area contributed by atoms with Crippen molar-refractivity contribution in [3.63, 3.8) is 0 Å². The first-order valence-electron chi connectivity index (χ1n) is 9.18. The summed E-state index contributed by atoms with van der Waals surface area (Å²) in [6.07, 6.45) is 3.49. The fourth-order valence-corrected chi connectivity index (χ4v) is 3.25. The molecule has 1 heterocycles. The first kappa shape index (κ1) is 17.9. The summed E-state index contributed by atoms with van der Waals surface area (Å²) in [5.41, 5.74) is 1.90. The van der Waals surface area contributed by atoms with Crippen LogP contribution in [-0.2, 0) is 4.79 Å². The van der Waals surface area contributed by atoms with Crippen molar-refractivity contribution in [3.05, 3.63) is 96.6 Å². The maximum absolute atomic E-state index is 12.9. The van der Waals surface area contributed by atoms with E-state index >= 15 is 0 Å². The Morgan fingerprint density at radius 3 is 2.11 bits per heavy atom. The number of carbonyl (C=O) groups excluding carboxylic acids is 1. The number of hydrogen-bond acceptors (Lipinski definition) is 3. The Hall–Kier alpha value is -3.53. The van der Waals surface area contributed by atoms with Gasteiger partial charge >= 0.3 is 0 Å². The Bertz CT molecular complexity index is 952. The number of ether oxygens (including phenoxy) is 2. The molecule has 1 fully saturated rings. The zero-order valence-electron chi connectivity index (χ0n) is 15.6. The second-order valence-corrected chi connectivity index (χ2v) is 6.52. The predicted octanol–water partition coefficient (Wildman–Crippen LogP) is 4.57. The van der Waals surface area contributed by atoms with E-state index in [1.165, 1.54) is 0 Å². The second kappa shape index (κ2) is 8.01. The number of amides is 1. The zero-order chi connectivity index (χ0) is 19.3. The molecule has 1 amide bonds. The van der Waals surface area contributed by atoms with Crippen LogP contribution < -0.4 is 14.4 Å². The molecule has 4 nitrogen and oxygen atoms in total. The Balaban J connectivity index is 1.60. The van der Waals surface area contributed by atoms with Crippen LogP contribution in [-0.4, -0.2) is 25.2 Å². The van der Waals surface area contributed by atoms with Crippen LogP contribution in [0.15, 0.2) is 91.0 Å². The van der Waals surface area contributed by atoms with Gasteiger partial charge in [0.1, 0.15) is 17.5 Å². The third kappa shape index (κ3) is 3.62. The lowest BCUT2D eigenvalue weighted by Gasteiger charge is -2.45. The van der Waals surface area contributed by atoms with Gasteiger partial charge in [-0.15, -0.1) is 0 Å². The van der Waals surface area contributed by atoms with E-state index in [-0.39, 0.29) is 11.9 Å². The summed E-state index contributed by atoms with van der Waals surface area (Å²) in [4.78, 5) is 14.6. The summed E-state index contributed by atoms with van der Waals surface area (Å²) in [5.74, 6) is 1.38. The average Bonchev–Trinajstić information content (AvgIpc) is 2.76. The molecule has 0 N–H and O–H groups in total. The van der Waals surface area contributed by atoms with Gasteiger partial charge in [0.15, 0.2) is 0 Å². The number of carbonyl (C=O) groups is 1. The van der Waals surface area contributed by atoms with E-state index in [1.54, 1.807) is 12.0 Å². The Kier molecular flexibility index (Phi) is 5.11. The lowest BCUT2D eigenvalue weighted by atomic mass is 9.95. The number of rotatable bonds is 6. The van der Waals surface area contributed by atoms with Crippen molar-refractivity contribution in [1.82, 2.24) is 0 Å². The van der Waals surface area contributed by atoms with Crippen LogP contribution in [0.4, 0.5) is 5.69 Å². The van der Waals surface area contributed by atoms with Crippen LogP contribution in [0.25, 0.3) is 6.08 Å². The molecule has 0 saturated carbocycles. The number of para-hydroxylation sites is 1. The van der Waals surface area contributed by atoms with Crippen LogP contribution in [0.2, 0.25) is 0 Å². The molecule has 1 aliphatic rings. The number of β-lactam (4-membered cyclic amide) rings is 1. The highest BCUT2D eigenvalue weighted by atomic mass is 16.5. The molecule has 0 aliphatic carbocycles. The summed E-state index contributed by atoms with van der Waals surface area (Å²) >= 11 is 0. The molecule has 3 aromatic carbocycles. The van der Waals surface area contributed by atoms with Gasteiger partial charge in [-0.2, -0.15) is 0 Å². The first-order valence-corrected chi connectivity index (χ1v) is 9.18. The SMILES string of the molecule is COc1ccc(N2C(=O)[C@H](Oc3ccccc3)[C@@H]2/C=C/c2ccccc2)cc1. The van der Waals surface area contributed by atoms with Gasteiger partial charge in [-0.25, -0.2) is 0 Å². The van der Waals surface area contributed by atoms with Crippen LogP contribution in [0.1, 0.15) is 5.56 Å². The number of methoxy groups -OCH3 is 1. The van der Waals surface area contributed by atoms with Gasteiger partial charge in [0.25, 0.3) is 5.91 Å². The summed E-state index contributed by atoms with van der Waals surface area (Å²) in [6, 6.07) is 26.8. The maximum atomic E-state index is 12.9. The molecular weight excluding hydrogens is 350 g/mol. The van der Waals surface area contributed by atoms with Crippen LogP contribution in [0.3, 0.4) is 0 Å². The molecule has 4 heteroatoms. The summed E-state index contributed by atoms with van der Waals surface area (Å²) in [6.45, 7) is 0. The van der Waals surface area contributed by atoms with Crippen molar-refractivity contribution in [3.8, 4) is 11.5 Å². The summed E-state index contributed by atoms with van der Waals surface area (Å²) in [5, 5.41) is 0. The Labute approximate surface area is 164 Å². The molecule has 1 saturated heterocycles. The summed E-state index contributed by atoms with van der Waals surface area (Å²) < 4.78 is 11.2. The van der Waals surface area contributed by atoms with Gasteiger partial charge in [-0.1, -0.05) is 60.7 Å². The summed E-state index contributed by atoms with van der Waals surface area (Å²) in [7, 11) is 1.62. The van der Waals surface area contributed by atoms with Crippen molar-refractivity contribution < 1.29 is 14.3 Å². The van der Waals surface area contributed by atoms with E-state index in [0.29, 0.717) is 5.75 Å². The fourth-order valence-electron chi connectivity index (χ4n) is 3.25. The molecule has 0 radical (unpaired) electrons. The minimum absolute atomic E-state index is 0.0586. The maximum Gasteiger partial charge on any atom is 0.271 e. The molecule has 2 atom stereocenters. The van der Waals surface area contributed by atoms with E-state index < -0.39 is 6.10 Å². The first-order chi connectivity index (χ1) is 13.8. The number of anilines is 1. The zero-order valence-corrected chi connectivity index (χ0v) is 15.6. The van der Waals surface area contributed by atoms with E-state index in [1.807, 2.05) is 97.1 Å². The molecule has 4 rings (SSSR count). The monoisotopic (exact) mass is 371 g/mol. The molecule has 0 unspecified atom stereocenters. The highest BCUT2D eigenvalue weighted by Gasteiger charge is 2.48. The number of hydrogen-bond donors (Lipinski definition) is 0. The smallest absolute Gasteiger partial charge is 0.271 e. The number of benzene rings is 3. The lowest BCUT2D eigenvalue weighted by molar-refractivity contribution is -0.133. The highest BCUT2D eigenvalue weighted by molar-refractivity contribution is 6.06. The average molecular weight is 371 g/mol. The predicted molar refractivity (Wildman–Crippen MR) is 111 cm³/mol. The van der Waals surface area contributed by atoms with E-state index in [2.05, 4.69) is 0 Å². The highest BCUT2D eigenvalue weighted by Crippen LogP contribution is 2.33. The minimum Gasteiger partial charge on any atom is -0.497 e. The van der Waals surface area contributed by atoms with Gasteiger partial charge < -0.3 is 9.47 Å². The Morgan fingerprint density at radius 1 is 0.821 bits per heavy atom. The molecule has 28 heavy (non-hydrogen) atoms. The van der Waals surface area contributed by atoms with Crippen molar-refractivity contribution in [2.45, 2.75) is 12.1 Å². The van der Waals surface area contributed by atoms with Gasteiger partial charge in [-0.3, -0.25) is 9.69 Å². The van der Waals surface area contributed by atoms with Crippen molar-refractivity contribution in [2.75, 3.05) is 12.0 Å². The molecule has 0 spiro atoms. The van der Waals surface area contributed by atoms with E-state index in [4.69, 9.17) is 9.47 Å². The van der Waals surface area contributed by atoms with Gasteiger partial charge in [0, 0.05) is 5.69 Å². The van der Waals surface area contributed by atoms with Crippen molar-refractivity contribution >= 4 is 17.7 Å².